The first-order chi connectivity index (χ1) is 11.7. The maximum absolute atomic E-state index is 12.5. The van der Waals surface area contributed by atoms with Gasteiger partial charge in [-0.2, -0.15) is 16.6 Å². The minimum atomic E-state index is -0.401. The summed E-state index contributed by atoms with van der Waals surface area (Å²) in [7, 11) is 0. The predicted octanol–water partition coefficient (Wildman–Crippen LogP) is 2.32. The molecule has 2 aromatic rings. The molecule has 8 heteroatoms. The average molecular weight is 345 g/mol. The topological polar surface area (TPSA) is 92.8 Å². The molecule has 0 aliphatic carbocycles. The summed E-state index contributed by atoms with van der Waals surface area (Å²) in [6.07, 6.45) is 3.65. The summed E-state index contributed by atoms with van der Waals surface area (Å²) in [6, 6.07) is 3.24. The van der Waals surface area contributed by atoms with Crippen LogP contribution in [-0.4, -0.2) is 34.1 Å². The van der Waals surface area contributed by atoms with Crippen molar-refractivity contribution in [3.05, 3.63) is 34.3 Å². The molecule has 2 aromatic heterocycles. The number of aromatic nitrogens is 3. The Balaban J connectivity index is 1.83. The Hall–Kier alpha value is -2.24. The fourth-order valence-electron chi connectivity index (χ4n) is 2.76. The van der Waals surface area contributed by atoms with Gasteiger partial charge in [-0.05, 0) is 31.2 Å². The number of hydrogen-bond donors (Lipinski definition) is 1. The highest BCUT2D eigenvalue weighted by Gasteiger charge is 2.30. The molecule has 1 fully saturated rings. The van der Waals surface area contributed by atoms with Gasteiger partial charge in [-0.1, -0.05) is 5.21 Å². The van der Waals surface area contributed by atoms with E-state index >= 15 is 0 Å². The van der Waals surface area contributed by atoms with Crippen molar-refractivity contribution in [3.8, 4) is 6.07 Å². The van der Waals surface area contributed by atoms with Gasteiger partial charge in [0.15, 0.2) is 0 Å². The van der Waals surface area contributed by atoms with Crippen LogP contribution >= 0.6 is 11.3 Å². The van der Waals surface area contributed by atoms with Crippen LogP contribution in [0.2, 0.25) is 0 Å². The Morgan fingerprint density at radius 3 is 3.17 bits per heavy atom. The van der Waals surface area contributed by atoms with Gasteiger partial charge in [0.05, 0.1) is 30.5 Å². The molecule has 0 radical (unpaired) electrons. The zero-order valence-electron chi connectivity index (χ0n) is 13.4. The molecule has 1 saturated heterocycles. The monoisotopic (exact) mass is 345 g/mol. The van der Waals surface area contributed by atoms with Crippen LogP contribution in [0.5, 0.6) is 0 Å². The number of carbonyl (C=O) groups excluding carboxylic acids is 1. The second kappa shape index (κ2) is 7.55. The Labute approximate surface area is 144 Å². The van der Waals surface area contributed by atoms with E-state index in [0.29, 0.717) is 17.9 Å². The maximum atomic E-state index is 12.5. The van der Waals surface area contributed by atoms with Crippen molar-refractivity contribution in [2.45, 2.75) is 31.8 Å². The van der Waals surface area contributed by atoms with Gasteiger partial charge < -0.3 is 10.1 Å². The van der Waals surface area contributed by atoms with Crippen molar-refractivity contribution in [3.63, 3.8) is 0 Å². The van der Waals surface area contributed by atoms with Crippen LogP contribution in [0.25, 0.3) is 0 Å². The molecule has 3 heterocycles. The number of thiophene rings is 1. The standard InChI is InChI=1S/C16H19N5O2S/c1-11(7-17)21-8-14(19-20-21)15(12-3-2-5-23-9-12)18-16(22)13-4-6-24-10-13/h4,6,8,10-12,15H,2-3,5,9H2,1H3,(H,18,22)/t11-,12?,15+/m1/s1. The lowest BCUT2D eigenvalue weighted by molar-refractivity contribution is 0.0373. The first-order valence-corrected chi connectivity index (χ1v) is 8.85. The van der Waals surface area contributed by atoms with E-state index in [0.717, 1.165) is 19.4 Å². The van der Waals surface area contributed by atoms with Gasteiger partial charge in [0.2, 0.25) is 0 Å². The molecule has 126 valence electrons. The molecule has 3 rings (SSSR count). The molecular weight excluding hydrogens is 326 g/mol. The summed E-state index contributed by atoms with van der Waals surface area (Å²) in [5.74, 6) is 0.0126. The average Bonchev–Trinajstić information content (AvgIpc) is 3.31. The summed E-state index contributed by atoms with van der Waals surface area (Å²) in [4.78, 5) is 12.5. The van der Waals surface area contributed by atoms with E-state index < -0.39 is 6.04 Å². The van der Waals surface area contributed by atoms with Crippen molar-refractivity contribution in [1.82, 2.24) is 20.3 Å². The summed E-state index contributed by atoms with van der Waals surface area (Å²) in [6.45, 7) is 3.08. The van der Waals surface area contributed by atoms with Crippen molar-refractivity contribution >= 4 is 17.2 Å². The highest BCUT2D eigenvalue weighted by Crippen LogP contribution is 2.28. The number of amides is 1. The Morgan fingerprint density at radius 1 is 1.62 bits per heavy atom. The van der Waals surface area contributed by atoms with Gasteiger partial charge in [0.1, 0.15) is 11.7 Å². The maximum Gasteiger partial charge on any atom is 0.252 e. The molecule has 0 saturated carbocycles. The summed E-state index contributed by atoms with van der Waals surface area (Å²) < 4.78 is 7.09. The van der Waals surface area contributed by atoms with E-state index in [2.05, 4.69) is 21.7 Å². The summed E-state index contributed by atoms with van der Waals surface area (Å²) in [5.41, 5.74) is 1.30. The minimum absolute atomic E-state index is 0.130. The number of nitrogens with zero attached hydrogens (tertiary/aromatic N) is 4. The highest BCUT2D eigenvalue weighted by atomic mass is 32.1. The molecule has 0 spiro atoms. The fraction of sp³-hybridized carbons (Fsp3) is 0.500. The van der Waals surface area contributed by atoms with Crippen LogP contribution in [0.1, 0.15) is 47.9 Å². The molecular formula is C16H19N5O2S. The van der Waals surface area contributed by atoms with Crippen molar-refractivity contribution in [1.29, 1.82) is 5.26 Å². The number of hydrogen-bond acceptors (Lipinski definition) is 6. The zero-order valence-corrected chi connectivity index (χ0v) is 14.2. The molecule has 1 amide bonds. The second-order valence-corrected chi connectivity index (χ2v) is 6.65. The second-order valence-electron chi connectivity index (χ2n) is 5.87. The van der Waals surface area contributed by atoms with Crippen LogP contribution in [0, 0.1) is 17.2 Å². The molecule has 1 aliphatic heterocycles. The van der Waals surface area contributed by atoms with E-state index in [1.165, 1.54) is 16.0 Å². The van der Waals surface area contributed by atoms with Crippen molar-refractivity contribution in [2.24, 2.45) is 5.92 Å². The van der Waals surface area contributed by atoms with Crippen molar-refractivity contribution in [2.75, 3.05) is 13.2 Å². The first-order valence-electron chi connectivity index (χ1n) is 7.91. The molecule has 1 unspecified atom stereocenters. The van der Waals surface area contributed by atoms with Crippen LogP contribution in [0.15, 0.2) is 23.0 Å². The third kappa shape index (κ3) is 3.63. The first kappa shape index (κ1) is 16.6. The van der Waals surface area contributed by atoms with Crippen LogP contribution in [0.4, 0.5) is 0 Å². The largest absolute Gasteiger partial charge is 0.381 e. The van der Waals surface area contributed by atoms with Crippen LogP contribution in [0.3, 0.4) is 0 Å². The number of ether oxygens (including phenoxy) is 1. The van der Waals surface area contributed by atoms with E-state index in [4.69, 9.17) is 10.00 Å². The number of carbonyl (C=O) groups is 1. The number of rotatable bonds is 5. The van der Waals surface area contributed by atoms with Gasteiger partial charge in [-0.25, -0.2) is 4.68 Å². The third-order valence-corrected chi connectivity index (χ3v) is 4.85. The molecule has 1 N–H and O–H groups in total. The predicted molar refractivity (Wildman–Crippen MR) is 88.4 cm³/mol. The summed E-state index contributed by atoms with van der Waals surface area (Å²) in [5, 5.41) is 24.0. The normalized spacial score (nSPS) is 20.1. The van der Waals surface area contributed by atoms with E-state index in [1.807, 2.05) is 10.8 Å². The quantitative estimate of drug-likeness (QED) is 0.898. The number of nitrogens with one attached hydrogen (secondary N) is 1. The lowest BCUT2D eigenvalue weighted by Crippen LogP contribution is -2.37. The minimum Gasteiger partial charge on any atom is -0.381 e. The molecule has 3 atom stereocenters. The van der Waals surface area contributed by atoms with Gasteiger partial charge in [0.25, 0.3) is 5.91 Å². The molecule has 0 bridgehead atoms. The van der Waals surface area contributed by atoms with Gasteiger partial charge in [0, 0.05) is 17.9 Å². The van der Waals surface area contributed by atoms with Crippen molar-refractivity contribution < 1.29 is 9.53 Å². The molecule has 1 aliphatic rings. The van der Waals surface area contributed by atoms with Crippen LogP contribution < -0.4 is 5.32 Å². The third-order valence-electron chi connectivity index (χ3n) is 4.17. The Morgan fingerprint density at radius 2 is 2.50 bits per heavy atom. The smallest absolute Gasteiger partial charge is 0.252 e. The lowest BCUT2D eigenvalue weighted by Gasteiger charge is -2.29. The lowest BCUT2D eigenvalue weighted by atomic mass is 9.91. The fourth-order valence-corrected chi connectivity index (χ4v) is 3.40. The zero-order chi connectivity index (χ0) is 16.9. The van der Waals surface area contributed by atoms with E-state index in [9.17, 15) is 4.79 Å². The highest BCUT2D eigenvalue weighted by molar-refractivity contribution is 7.08. The molecule has 24 heavy (non-hydrogen) atoms. The van der Waals surface area contributed by atoms with E-state index in [1.54, 1.807) is 19.2 Å². The SMILES string of the molecule is C[C@H](C#N)n1cc([C@@H](NC(=O)c2ccsc2)C2CCCOC2)nn1. The Kier molecular flexibility index (Phi) is 5.23. The Bertz CT molecular complexity index is 715. The van der Waals surface area contributed by atoms with Gasteiger partial charge in [-0.15, -0.1) is 5.10 Å². The number of nitriles is 1. The van der Waals surface area contributed by atoms with Gasteiger partial charge >= 0.3 is 0 Å². The molecule has 0 aromatic carbocycles. The van der Waals surface area contributed by atoms with E-state index in [-0.39, 0.29) is 17.9 Å². The van der Waals surface area contributed by atoms with Crippen LogP contribution in [-0.2, 0) is 4.74 Å². The van der Waals surface area contributed by atoms with Gasteiger partial charge in [-0.3, -0.25) is 4.79 Å². The summed E-state index contributed by atoms with van der Waals surface area (Å²) >= 11 is 1.48. The molecule has 7 nitrogen and oxygen atoms in total.